The number of fused-ring (bicyclic) bond motifs is 4. The monoisotopic (exact) mass is 408 g/mol. The minimum Gasteiger partial charge on any atom is -0.302 e. The first-order valence-corrected chi connectivity index (χ1v) is 11.0. The summed E-state index contributed by atoms with van der Waals surface area (Å²) >= 11 is 1.69. The molecule has 3 aromatic heterocycles. The Kier molecular flexibility index (Phi) is 4.11. The van der Waals surface area contributed by atoms with Gasteiger partial charge in [-0.15, -0.1) is 21.5 Å². The fourth-order valence-electron chi connectivity index (χ4n) is 4.35. The Morgan fingerprint density at radius 1 is 0.900 bits per heavy atom. The van der Waals surface area contributed by atoms with Crippen molar-refractivity contribution in [1.82, 2.24) is 20.1 Å². The van der Waals surface area contributed by atoms with Gasteiger partial charge in [0.25, 0.3) is 0 Å². The van der Waals surface area contributed by atoms with Gasteiger partial charge in [0, 0.05) is 41.7 Å². The van der Waals surface area contributed by atoms with Gasteiger partial charge in [0.1, 0.15) is 10.5 Å². The third kappa shape index (κ3) is 2.82. The van der Waals surface area contributed by atoms with E-state index in [4.69, 9.17) is 4.98 Å². The highest BCUT2D eigenvalue weighted by Gasteiger charge is 2.22. The topological polar surface area (TPSA) is 41.9 Å². The standard InChI is InChI=1S/C25H20N4S/c1-29-13-12-19-18(15-29)14-20-24(26-19)22-21(16-8-4-2-5-9-16)23(27-28-25(22)30-20)17-10-6-3-7-11-17/h2-11,14H,12-13,15H2,1H3. The van der Waals surface area contributed by atoms with Crippen LogP contribution in [0, 0.1) is 0 Å². The number of nitrogens with zero attached hydrogens (tertiary/aromatic N) is 4. The number of aromatic nitrogens is 3. The molecule has 4 nitrogen and oxygen atoms in total. The van der Waals surface area contributed by atoms with E-state index in [9.17, 15) is 0 Å². The van der Waals surface area contributed by atoms with Gasteiger partial charge < -0.3 is 4.90 Å². The molecule has 0 spiro atoms. The summed E-state index contributed by atoms with van der Waals surface area (Å²) < 4.78 is 1.19. The predicted octanol–water partition coefficient (Wildman–Crippen LogP) is 5.56. The number of rotatable bonds is 2. The Hall–Kier alpha value is -3.15. The molecule has 0 unspecified atom stereocenters. The summed E-state index contributed by atoms with van der Waals surface area (Å²) in [6, 6.07) is 23.2. The molecule has 0 saturated heterocycles. The van der Waals surface area contributed by atoms with Crippen LogP contribution in [-0.4, -0.2) is 33.7 Å². The molecule has 1 aliphatic heterocycles. The molecule has 5 heteroatoms. The van der Waals surface area contributed by atoms with Crippen molar-refractivity contribution < 1.29 is 0 Å². The van der Waals surface area contributed by atoms with Crippen LogP contribution in [0.1, 0.15) is 11.3 Å². The summed E-state index contributed by atoms with van der Waals surface area (Å²) in [7, 11) is 2.17. The van der Waals surface area contributed by atoms with Crippen LogP contribution in [-0.2, 0) is 13.0 Å². The maximum Gasteiger partial charge on any atom is 0.149 e. The summed E-state index contributed by atoms with van der Waals surface area (Å²) in [5.74, 6) is 0. The van der Waals surface area contributed by atoms with Crippen molar-refractivity contribution in [2.24, 2.45) is 0 Å². The van der Waals surface area contributed by atoms with E-state index in [2.05, 4.69) is 64.6 Å². The second-order valence-electron chi connectivity index (χ2n) is 7.87. The summed E-state index contributed by atoms with van der Waals surface area (Å²) in [5.41, 5.74) is 7.87. The van der Waals surface area contributed by atoms with E-state index in [0.717, 1.165) is 57.6 Å². The summed E-state index contributed by atoms with van der Waals surface area (Å²) in [6.07, 6.45) is 0.990. The predicted molar refractivity (Wildman–Crippen MR) is 124 cm³/mol. The Balaban J connectivity index is 1.71. The van der Waals surface area contributed by atoms with Gasteiger partial charge in [-0.3, -0.25) is 4.98 Å². The molecule has 6 rings (SSSR count). The van der Waals surface area contributed by atoms with Crippen LogP contribution in [0.2, 0.25) is 0 Å². The Morgan fingerprint density at radius 3 is 2.40 bits per heavy atom. The van der Waals surface area contributed by atoms with Crippen molar-refractivity contribution in [2.45, 2.75) is 13.0 Å². The SMILES string of the molecule is CN1CCc2nc3c(cc2C1)sc1nnc(-c2ccccc2)c(-c2ccccc2)c13. The van der Waals surface area contributed by atoms with Crippen LogP contribution < -0.4 is 0 Å². The maximum absolute atomic E-state index is 5.18. The van der Waals surface area contributed by atoms with E-state index >= 15 is 0 Å². The zero-order chi connectivity index (χ0) is 20.1. The highest BCUT2D eigenvalue weighted by atomic mass is 32.1. The first-order valence-electron chi connectivity index (χ1n) is 10.2. The zero-order valence-corrected chi connectivity index (χ0v) is 17.5. The van der Waals surface area contributed by atoms with Gasteiger partial charge >= 0.3 is 0 Å². The number of hydrogen-bond acceptors (Lipinski definition) is 5. The van der Waals surface area contributed by atoms with Crippen molar-refractivity contribution in [1.29, 1.82) is 0 Å². The normalized spacial score (nSPS) is 14.3. The molecule has 2 aromatic carbocycles. The average molecular weight is 409 g/mol. The molecule has 0 N–H and O–H groups in total. The van der Waals surface area contributed by atoms with E-state index in [-0.39, 0.29) is 0 Å². The third-order valence-corrected chi connectivity index (χ3v) is 6.83. The molecule has 0 aliphatic carbocycles. The number of hydrogen-bond donors (Lipinski definition) is 0. The lowest BCUT2D eigenvalue weighted by atomic mass is 9.96. The van der Waals surface area contributed by atoms with E-state index in [1.165, 1.54) is 16.0 Å². The lowest BCUT2D eigenvalue weighted by molar-refractivity contribution is 0.310. The van der Waals surface area contributed by atoms with Crippen molar-refractivity contribution in [3.8, 4) is 22.4 Å². The molecular formula is C25H20N4S. The molecule has 146 valence electrons. The zero-order valence-electron chi connectivity index (χ0n) is 16.7. The van der Waals surface area contributed by atoms with Gasteiger partial charge in [0.2, 0.25) is 0 Å². The van der Waals surface area contributed by atoms with E-state index < -0.39 is 0 Å². The molecule has 0 amide bonds. The molecule has 1 aliphatic rings. The Bertz CT molecular complexity index is 1380. The van der Waals surface area contributed by atoms with Crippen LogP contribution in [0.15, 0.2) is 66.7 Å². The quantitative estimate of drug-likeness (QED) is 0.383. The molecule has 4 heterocycles. The lowest BCUT2D eigenvalue weighted by Crippen LogP contribution is -2.27. The van der Waals surface area contributed by atoms with Gasteiger partial charge in [-0.2, -0.15) is 0 Å². The molecule has 0 radical (unpaired) electrons. The van der Waals surface area contributed by atoms with Gasteiger partial charge in [-0.25, -0.2) is 0 Å². The van der Waals surface area contributed by atoms with Gasteiger partial charge in [-0.05, 0) is 24.2 Å². The molecular weight excluding hydrogens is 388 g/mol. The first-order chi connectivity index (χ1) is 14.8. The highest BCUT2D eigenvalue weighted by Crippen LogP contribution is 2.42. The maximum atomic E-state index is 5.18. The molecule has 0 bridgehead atoms. The first kappa shape index (κ1) is 17.7. The third-order valence-electron chi connectivity index (χ3n) is 5.82. The second kappa shape index (κ2) is 6.97. The van der Waals surface area contributed by atoms with Crippen molar-refractivity contribution in [3.05, 3.63) is 78.0 Å². The summed E-state index contributed by atoms with van der Waals surface area (Å²) in [4.78, 5) is 8.48. The largest absolute Gasteiger partial charge is 0.302 e. The van der Waals surface area contributed by atoms with Crippen LogP contribution >= 0.6 is 11.3 Å². The Morgan fingerprint density at radius 2 is 1.63 bits per heavy atom. The van der Waals surface area contributed by atoms with Gasteiger partial charge in [0.05, 0.1) is 10.2 Å². The second-order valence-corrected chi connectivity index (χ2v) is 8.90. The fourth-order valence-corrected chi connectivity index (χ4v) is 5.38. The Labute approximate surface area is 178 Å². The molecule has 0 atom stereocenters. The number of thiophene rings is 1. The molecule has 0 fully saturated rings. The summed E-state index contributed by atoms with van der Waals surface area (Å²) in [5, 5.41) is 10.4. The molecule has 5 aromatic rings. The highest BCUT2D eigenvalue weighted by molar-refractivity contribution is 7.25. The number of pyridine rings is 1. The van der Waals surface area contributed by atoms with Crippen LogP contribution in [0.4, 0.5) is 0 Å². The van der Waals surface area contributed by atoms with Gasteiger partial charge in [0.15, 0.2) is 0 Å². The average Bonchev–Trinajstić information content (AvgIpc) is 3.15. The van der Waals surface area contributed by atoms with E-state index in [0.29, 0.717) is 0 Å². The minimum absolute atomic E-state index is 0.910. The van der Waals surface area contributed by atoms with E-state index in [1.54, 1.807) is 11.3 Å². The molecule has 0 saturated carbocycles. The van der Waals surface area contributed by atoms with Crippen LogP contribution in [0.3, 0.4) is 0 Å². The lowest BCUT2D eigenvalue weighted by Gasteiger charge is -2.24. The van der Waals surface area contributed by atoms with Gasteiger partial charge in [-0.1, -0.05) is 60.7 Å². The number of likely N-dealkylation sites (N-methyl/N-ethyl adjacent to an activating group) is 1. The fraction of sp³-hybridized carbons (Fsp3) is 0.160. The van der Waals surface area contributed by atoms with Crippen molar-refractivity contribution in [2.75, 3.05) is 13.6 Å². The van der Waals surface area contributed by atoms with E-state index in [1.807, 2.05) is 24.3 Å². The smallest absolute Gasteiger partial charge is 0.149 e. The molecule has 30 heavy (non-hydrogen) atoms. The summed E-state index contributed by atoms with van der Waals surface area (Å²) in [6.45, 7) is 2.01. The van der Waals surface area contributed by atoms with Crippen molar-refractivity contribution in [3.63, 3.8) is 0 Å². The number of benzene rings is 2. The van der Waals surface area contributed by atoms with Crippen molar-refractivity contribution >= 4 is 31.8 Å². The van der Waals surface area contributed by atoms with Crippen LogP contribution in [0.25, 0.3) is 42.8 Å². The minimum atomic E-state index is 0.910. The van der Waals surface area contributed by atoms with Crippen LogP contribution in [0.5, 0.6) is 0 Å².